The Morgan fingerprint density at radius 1 is 1.36 bits per heavy atom. The van der Waals surface area contributed by atoms with E-state index in [9.17, 15) is 9.59 Å². The third kappa shape index (κ3) is 5.83. The normalized spacial score (nSPS) is 15.9. The van der Waals surface area contributed by atoms with Gasteiger partial charge in [-0.3, -0.25) is 14.5 Å². The molecule has 4 nitrogen and oxygen atoms in total. The van der Waals surface area contributed by atoms with E-state index in [1.165, 1.54) is 16.7 Å². The number of hydrogen-bond acceptors (Lipinski definition) is 5. The molecule has 0 bridgehead atoms. The monoisotopic (exact) mass is 397 g/mol. The van der Waals surface area contributed by atoms with Crippen LogP contribution in [-0.4, -0.2) is 34.2 Å². The molecule has 0 unspecified atom stereocenters. The number of ether oxygens (including phenoxy) is 1. The van der Waals surface area contributed by atoms with Gasteiger partial charge in [0, 0.05) is 18.0 Å². The number of thioether (sulfide) groups is 1. The van der Waals surface area contributed by atoms with Gasteiger partial charge >= 0.3 is 5.97 Å². The first-order valence-corrected chi connectivity index (χ1v) is 9.78. The van der Waals surface area contributed by atoms with E-state index < -0.39 is 0 Å². The number of thiocarbonyl (C=S) groups is 1. The molecule has 0 aliphatic carbocycles. The maximum absolute atomic E-state index is 12.5. The maximum atomic E-state index is 12.5. The average Bonchev–Trinajstić information content (AvgIpc) is 2.84. The first kappa shape index (κ1) is 19.9. The van der Waals surface area contributed by atoms with Gasteiger partial charge in [-0.1, -0.05) is 67.1 Å². The maximum Gasteiger partial charge on any atom is 0.305 e. The second-order valence-electron chi connectivity index (χ2n) is 5.53. The fraction of sp³-hybridized carbons (Fsp3) is 0.389. The molecule has 1 amide bonds. The van der Waals surface area contributed by atoms with E-state index in [2.05, 4.69) is 0 Å². The molecule has 1 heterocycles. The van der Waals surface area contributed by atoms with Gasteiger partial charge in [0.15, 0.2) is 0 Å². The van der Waals surface area contributed by atoms with Crippen LogP contribution in [0.2, 0.25) is 5.02 Å². The van der Waals surface area contributed by atoms with Crippen LogP contribution >= 0.6 is 35.6 Å². The van der Waals surface area contributed by atoms with Gasteiger partial charge in [-0.2, -0.15) is 0 Å². The van der Waals surface area contributed by atoms with Crippen molar-refractivity contribution >= 4 is 57.9 Å². The van der Waals surface area contributed by atoms with Gasteiger partial charge in [0.25, 0.3) is 5.91 Å². The smallest absolute Gasteiger partial charge is 0.305 e. The Labute approximate surface area is 162 Å². The zero-order valence-electron chi connectivity index (χ0n) is 14.0. The number of benzene rings is 1. The molecular formula is C18H20ClNO3S2. The van der Waals surface area contributed by atoms with Crippen LogP contribution in [0.25, 0.3) is 6.08 Å². The zero-order chi connectivity index (χ0) is 18.2. The summed E-state index contributed by atoms with van der Waals surface area (Å²) in [5, 5.41) is 0.586. The third-order valence-electron chi connectivity index (χ3n) is 3.59. The molecule has 1 saturated heterocycles. The fourth-order valence-corrected chi connectivity index (χ4v) is 3.70. The molecule has 0 aromatic heterocycles. The SMILES string of the molecule is CCCCOC(=O)CCCN1C(=O)/C(=C/c2ccccc2Cl)SC1=S. The van der Waals surface area contributed by atoms with Crippen LogP contribution in [0.3, 0.4) is 0 Å². The fourth-order valence-electron chi connectivity index (χ4n) is 2.21. The number of amides is 1. The van der Waals surface area contributed by atoms with Gasteiger partial charge in [0.2, 0.25) is 0 Å². The molecule has 1 fully saturated rings. The quantitative estimate of drug-likeness (QED) is 0.276. The highest BCUT2D eigenvalue weighted by molar-refractivity contribution is 8.26. The molecule has 1 aliphatic heterocycles. The summed E-state index contributed by atoms with van der Waals surface area (Å²) in [5.41, 5.74) is 0.782. The lowest BCUT2D eigenvalue weighted by Gasteiger charge is -2.13. The largest absolute Gasteiger partial charge is 0.466 e. The van der Waals surface area contributed by atoms with E-state index in [0.29, 0.717) is 33.8 Å². The lowest BCUT2D eigenvalue weighted by Crippen LogP contribution is -2.29. The summed E-state index contributed by atoms with van der Waals surface area (Å²) in [4.78, 5) is 26.2. The van der Waals surface area contributed by atoms with Gasteiger partial charge < -0.3 is 4.74 Å². The van der Waals surface area contributed by atoms with E-state index in [1.807, 2.05) is 25.1 Å². The van der Waals surface area contributed by atoms with Crippen LogP contribution < -0.4 is 0 Å². The van der Waals surface area contributed by atoms with Gasteiger partial charge in [-0.25, -0.2) is 0 Å². The second-order valence-corrected chi connectivity index (χ2v) is 7.62. The molecule has 0 saturated carbocycles. The number of halogens is 1. The Balaban J connectivity index is 1.89. The minimum absolute atomic E-state index is 0.144. The summed E-state index contributed by atoms with van der Waals surface area (Å²) in [6.07, 6.45) is 4.41. The molecule has 1 aromatic carbocycles. The van der Waals surface area contributed by atoms with Gasteiger partial charge in [0.1, 0.15) is 4.32 Å². The second kappa shape index (κ2) is 9.94. The highest BCUT2D eigenvalue weighted by Gasteiger charge is 2.31. The molecule has 0 N–H and O–H groups in total. The number of rotatable bonds is 8. The molecular weight excluding hydrogens is 378 g/mol. The summed E-state index contributed by atoms with van der Waals surface area (Å²) < 4.78 is 5.61. The molecule has 2 rings (SSSR count). The standard InChI is InChI=1S/C18H20ClNO3S2/c1-2-3-11-23-16(21)9-6-10-20-17(22)15(25-18(20)24)12-13-7-4-5-8-14(13)19/h4-5,7-8,12H,2-3,6,9-11H2,1H3/b15-12-. The molecule has 0 spiro atoms. The number of nitrogens with zero attached hydrogens (tertiary/aromatic N) is 1. The number of hydrogen-bond donors (Lipinski definition) is 0. The van der Waals surface area contributed by atoms with Crippen molar-refractivity contribution in [3.63, 3.8) is 0 Å². The van der Waals surface area contributed by atoms with E-state index in [-0.39, 0.29) is 18.3 Å². The van der Waals surface area contributed by atoms with Crippen molar-refractivity contribution in [2.45, 2.75) is 32.6 Å². The lowest BCUT2D eigenvalue weighted by molar-refractivity contribution is -0.144. The Hall–Kier alpha value is -1.37. The lowest BCUT2D eigenvalue weighted by atomic mass is 10.2. The molecule has 1 aromatic rings. The van der Waals surface area contributed by atoms with Crippen molar-refractivity contribution in [2.24, 2.45) is 0 Å². The molecule has 0 radical (unpaired) electrons. The summed E-state index contributed by atoms with van der Waals surface area (Å²) in [6.45, 7) is 2.91. The molecule has 0 atom stereocenters. The van der Waals surface area contributed by atoms with Crippen LogP contribution in [0.15, 0.2) is 29.2 Å². The summed E-state index contributed by atoms with van der Waals surface area (Å²) >= 11 is 12.7. The van der Waals surface area contributed by atoms with E-state index >= 15 is 0 Å². The molecule has 1 aliphatic rings. The van der Waals surface area contributed by atoms with Crippen molar-refractivity contribution < 1.29 is 14.3 Å². The zero-order valence-corrected chi connectivity index (χ0v) is 16.4. The number of esters is 1. The van der Waals surface area contributed by atoms with Crippen LogP contribution in [0.1, 0.15) is 38.2 Å². The molecule has 7 heteroatoms. The predicted molar refractivity (Wildman–Crippen MR) is 106 cm³/mol. The van der Waals surface area contributed by atoms with Gasteiger partial charge in [-0.15, -0.1) is 0 Å². The Morgan fingerprint density at radius 2 is 2.12 bits per heavy atom. The van der Waals surface area contributed by atoms with Gasteiger partial charge in [0.05, 0.1) is 11.5 Å². The highest BCUT2D eigenvalue weighted by Crippen LogP contribution is 2.33. The number of carbonyl (C=O) groups is 2. The van der Waals surface area contributed by atoms with E-state index in [4.69, 9.17) is 28.6 Å². The van der Waals surface area contributed by atoms with Crippen molar-refractivity contribution in [3.05, 3.63) is 39.8 Å². The van der Waals surface area contributed by atoms with Crippen molar-refractivity contribution in [1.29, 1.82) is 0 Å². The Morgan fingerprint density at radius 3 is 2.84 bits per heavy atom. The Kier molecular flexibility index (Phi) is 7.93. The molecule has 25 heavy (non-hydrogen) atoms. The van der Waals surface area contributed by atoms with Crippen molar-refractivity contribution in [2.75, 3.05) is 13.2 Å². The van der Waals surface area contributed by atoms with Crippen molar-refractivity contribution in [1.82, 2.24) is 4.90 Å². The first-order chi connectivity index (χ1) is 12.0. The highest BCUT2D eigenvalue weighted by atomic mass is 35.5. The minimum atomic E-state index is -0.231. The summed E-state index contributed by atoms with van der Waals surface area (Å²) in [7, 11) is 0. The predicted octanol–water partition coefficient (Wildman–Crippen LogP) is 4.66. The summed E-state index contributed by atoms with van der Waals surface area (Å²) in [6, 6.07) is 7.33. The van der Waals surface area contributed by atoms with E-state index in [0.717, 1.165) is 18.4 Å². The average molecular weight is 398 g/mol. The van der Waals surface area contributed by atoms with Crippen LogP contribution in [0.4, 0.5) is 0 Å². The summed E-state index contributed by atoms with van der Waals surface area (Å²) in [5.74, 6) is -0.375. The van der Waals surface area contributed by atoms with Crippen LogP contribution in [0, 0.1) is 0 Å². The van der Waals surface area contributed by atoms with Crippen molar-refractivity contribution in [3.8, 4) is 0 Å². The van der Waals surface area contributed by atoms with Gasteiger partial charge in [-0.05, 0) is 30.5 Å². The number of carbonyl (C=O) groups excluding carboxylic acids is 2. The minimum Gasteiger partial charge on any atom is -0.466 e. The first-order valence-electron chi connectivity index (χ1n) is 8.18. The Bertz CT molecular complexity index is 691. The topological polar surface area (TPSA) is 46.6 Å². The van der Waals surface area contributed by atoms with Crippen LogP contribution in [-0.2, 0) is 14.3 Å². The third-order valence-corrected chi connectivity index (χ3v) is 5.31. The number of unbranched alkanes of at least 4 members (excludes halogenated alkanes) is 1. The van der Waals surface area contributed by atoms with E-state index in [1.54, 1.807) is 12.1 Å². The van der Waals surface area contributed by atoms with Crippen LogP contribution in [0.5, 0.6) is 0 Å². The molecule has 134 valence electrons.